The van der Waals surface area contributed by atoms with E-state index < -0.39 is 12.1 Å². The molecule has 2 aromatic heterocycles. The highest BCUT2D eigenvalue weighted by Crippen LogP contribution is 2.28. The predicted molar refractivity (Wildman–Crippen MR) is 151 cm³/mol. The van der Waals surface area contributed by atoms with Crippen LogP contribution in [-0.2, 0) is 4.74 Å². The Balaban J connectivity index is 1.52. The lowest BCUT2D eigenvalue weighted by atomic mass is 10.0. The van der Waals surface area contributed by atoms with Gasteiger partial charge in [0.2, 0.25) is 5.78 Å². The number of ketones is 1. The van der Waals surface area contributed by atoms with Crippen LogP contribution in [0.4, 0.5) is 0 Å². The summed E-state index contributed by atoms with van der Waals surface area (Å²) >= 11 is 0. The van der Waals surface area contributed by atoms with Gasteiger partial charge in [-0.05, 0) is 69.7 Å². The third-order valence-corrected chi connectivity index (χ3v) is 6.85. The molecule has 5 heteroatoms. The number of hydrogen-bond acceptors (Lipinski definition) is 4. The number of carbonyl (C=O) groups is 2. The number of Topliss-reactive ketones (excluding diaryl/α,β-unsaturated/α-hetero) is 1. The molecule has 0 aliphatic rings. The second kappa shape index (κ2) is 10.5. The molecule has 5 aromatic rings. The molecule has 0 aliphatic carbocycles. The third-order valence-electron chi connectivity index (χ3n) is 6.85. The number of ether oxygens (including phenoxy) is 1. The van der Waals surface area contributed by atoms with Crippen molar-refractivity contribution in [2.24, 2.45) is 0 Å². The van der Waals surface area contributed by atoms with E-state index in [4.69, 9.17) is 9.72 Å². The highest BCUT2D eigenvalue weighted by Gasteiger charge is 2.25. The zero-order valence-corrected chi connectivity index (χ0v) is 22.1. The van der Waals surface area contributed by atoms with Crippen LogP contribution in [-0.4, -0.2) is 27.4 Å². The van der Waals surface area contributed by atoms with E-state index in [1.807, 2.05) is 50.2 Å². The molecule has 2 heterocycles. The predicted octanol–water partition coefficient (Wildman–Crippen LogP) is 7.44. The summed E-state index contributed by atoms with van der Waals surface area (Å²) in [5, 5.41) is 0.705. The maximum atomic E-state index is 13.5. The monoisotopic (exact) mass is 502 g/mol. The van der Waals surface area contributed by atoms with Crippen LogP contribution in [0.15, 0.2) is 91.0 Å². The van der Waals surface area contributed by atoms with Crippen LogP contribution in [0.3, 0.4) is 0 Å². The van der Waals surface area contributed by atoms with Gasteiger partial charge in [0.25, 0.3) is 0 Å². The number of rotatable bonds is 7. The van der Waals surface area contributed by atoms with Crippen LogP contribution in [0, 0.1) is 20.8 Å². The molecule has 0 bridgehead atoms. The minimum atomic E-state index is -0.867. The summed E-state index contributed by atoms with van der Waals surface area (Å²) in [4.78, 5) is 31.4. The second-order valence-corrected chi connectivity index (χ2v) is 9.61. The maximum absolute atomic E-state index is 13.5. The number of benzene rings is 3. The van der Waals surface area contributed by atoms with Gasteiger partial charge in [0.1, 0.15) is 0 Å². The molecular weight excluding hydrogens is 472 g/mol. The van der Waals surface area contributed by atoms with Gasteiger partial charge in [0, 0.05) is 33.6 Å². The molecule has 0 N–H and O–H groups in total. The molecule has 5 rings (SSSR count). The maximum Gasteiger partial charge on any atom is 0.339 e. The van der Waals surface area contributed by atoms with E-state index in [0.29, 0.717) is 34.1 Å². The number of aryl methyl sites for hydroxylation is 3. The van der Waals surface area contributed by atoms with Crippen LogP contribution < -0.4 is 0 Å². The Morgan fingerprint density at radius 3 is 2.18 bits per heavy atom. The summed E-state index contributed by atoms with van der Waals surface area (Å²) in [6.07, 6.45) is -0.484. The lowest BCUT2D eigenvalue weighted by Crippen LogP contribution is -2.27. The van der Waals surface area contributed by atoms with Gasteiger partial charge >= 0.3 is 5.97 Å². The van der Waals surface area contributed by atoms with Crippen molar-refractivity contribution >= 4 is 22.7 Å². The fourth-order valence-corrected chi connectivity index (χ4v) is 4.82. The number of hydrogen-bond donors (Lipinski definition) is 0. The van der Waals surface area contributed by atoms with Crippen LogP contribution in [0.25, 0.3) is 27.8 Å². The number of carbonyl (C=O) groups excluding carboxylic acids is 2. The Hall–Kier alpha value is -4.51. The first-order chi connectivity index (χ1) is 18.4. The molecule has 1 atom stereocenters. The fraction of sp³-hybridized carbons (Fsp3) is 0.182. The minimum Gasteiger partial charge on any atom is -0.450 e. The molecular formula is C33H30N2O3. The zero-order valence-electron chi connectivity index (χ0n) is 22.1. The molecule has 0 saturated carbocycles. The molecule has 3 aromatic carbocycles. The molecule has 0 aliphatic heterocycles. The zero-order chi connectivity index (χ0) is 26.8. The Bertz CT molecular complexity index is 1610. The first kappa shape index (κ1) is 25.2. The van der Waals surface area contributed by atoms with Gasteiger partial charge in [-0.15, -0.1) is 0 Å². The van der Waals surface area contributed by atoms with Crippen molar-refractivity contribution in [1.29, 1.82) is 0 Å². The van der Waals surface area contributed by atoms with Crippen molar-refractivity contribution in [3.8, 4) is 16.9 Å². The summed E-state index contributed by atoms with van der Waals surface area (Å²) in [5.74, 6) is -0.738. The van der Waals surface area contributed by atoms with E-state index in [-0.39, 0.29) is 5.78 Å². The lowest BCUT2D eigenvalue weighted by Gasteiger charge is -2.17. The van der Waals surface area contributed by atoms with E-state index >= 15 is 0 Å². The van der Waals surface area contributed by atoms with E-state index in [2.05, 4.69) is 42.7 Å². The Labute approximate surface area is 222 Å². The van der Waals surface area contributed by atoms with Gasteiger partial charge < -0.3 is 9.30 Å². The quantitative estimate of drug-likeness (QED) is 0.171. The first-order valence-corrected chi connectivity index (χ1v) is 12.8. The topological polar surface area (TPSA) is 61.2 Å². The Morgan fingerprint density at radius 2 is 1.53 bits per heavy atom. The molecule has 0 fully saturated rings. The number of esters is 1. The van der Waals surface area contributed by atoms with Crippen LogP contribution >= 0.6 is 0 Å². The van der Waals surface area contributed by atoms with E-state index in [1.165, 1.54) is 0 Å². The van der Waals surface area contributed by atoms with Crippen molar-refractivity contribution in [2.45, 2.75) is 40.2 Å². The molecule has 0 saturated heterocycles. The summed E-state index contributed by atoms with van der Waals surface area (Å²) in [6.45, 7) is 7.98. The lowest BCUT2D eigenvalue weighted by molar-refractivity contribution is 0.0279. The number of nitrogens with zero attached hydrogens (tertiary/aromatic N) is 2. The van der Waals surface area contributed by atoms with Gasteiger partial charge in [-0.3, -0.25) is 4.79 Å². The Kier molecular flexibility index (Phi) is 6.93. The third kappa shape index (κ3) is 4.88. The normalized spacial score (nSPS) is 11.9. The fourth-order valence-electron chi connectivity index (χ4n) is 4.82. The molecule has 0 unspecified atom stereocenters. The van der Waals surface area contributed by atoms with Crippen molar-refractivity contribution < 1.29 is 14.3 Å². The van der Waals surface area contributed by atoms with Gasteiger partial charge in [-0.2, -0.15) is 0 Å². The van der Waals surface area contributed by atoms with Crippen LogP contribution in [0.1, 0.15) is 51.0 Å². The van der Waals surface area contributed by atoms with Crippen LogP contribution in [0.2, 0.25) is 0 Å². The van der Waals surface area contributed by atoms with Gasteiger partial charge in [-0.25, -0.2) is 9.78 Å². The average Bonchev–Trinajstić information content (AvgIpc) is 3.28. The van der Waals surface area contributed by atoms with Gasteiger partial charge in [0.05, 0.1) is 16.8 Å². The molecule has 0 spiro atoms. The van der Waals surface area contributed by atoms with E-state index in [0.717, 1.165) is 28.2 Å². The van der Waals surface area contributed by atoms with Crippen molar-refractivity contribution in [1.82, 2.24) is 9.55 Å². The smallest absolute Gasteiger partial charge is 0.339 e. The molecule has 190 valence electrons. The van der Waals surface area contributed by atoms with Crippen LogP contribution in [0.5, 0.6) is 0 Å². The molecule has 5 nitrogen and oxygen atoms in total. The Morgan fingerprint density at radius 1 is 0.842 bits per heavy atom. The minimum absolute atomic E-state index is 0.206. The van der Waals surface area contributed by atoms with Gasteiger partial charge in [-0.1, -0.05) is 61.0 Å². The summed E-state index contributed by atoms with van der Waals surface area (Å²) in [5.41, 5.74) is 7.58. The van der Waals surface area contributed by atoms with Gasteiger partial charge in [0.15, 0.2) is 6.10 Å². The summed E-state index contributed by atoms with van der Waals surface area (Å²) in [7, 11) is 0. The van der Waals surface area contributed by atoms with Crippen molar-refractivity contribution in [2.75, 3.05) is 0 Å². The largest absolute Gasteiger partial charge is 0.450 e. The average molecular weight is 503 g/mol. The molecule has 0 radical (unpaired) electrons. The van der Waals surface area contributed by atoms with Crippen molar-refractivity contribution in [3.05, 3.63) is 119 Å². The summed E-state index contributed by atoms with van der Waals surface area (Å²) in [6, 6.07) is 28.9. The summed E-state index contributed by atoms with van der Waals surface area (Å²) < 4.78 is 8.01. The highest BCUT2D eigenvalue weighted by molar-refractivity contribution is 6.07. The highest BCUT2D eigenvalue weighted by atomic mass is 16.5. The second-order valence-electron chi connectivity index (χ2n) is 9.61. The standard InChI is InChI=1S/C33H30N2O3/c1-5-31(32(36)25-9-7-6-8-10-25)38-33(37)28-20-30(34-29-18-11-21(2)19-27(28)29)24-14-16-26(17-15-24)35-22(3)12-13-23(35)4/h6-20,31H,5H2,1-4H3/t31-/m0/s1. The molecule has 0 amide bonds. The number of pyridine rings is 1. The van der Waals surface area contributed by atoms with E-state index in [1.54, 1.807) is 30.3 Å². The van der Waals surface area contributed by atoms with E-state index in [9.17, 15) is 9.59 Å². The van der Waals surface area contributed by atoms with Crippen molar-refractivity contribution in [3.63, 3.8) is 0 Å². The molecule has 38 heavy (non-hydrogen) atoms. The number of aromatic nitrogens is 2. The first-order valence-electron chi connectivity index (χ1n) is 12.8. The SMILES string of the molecule is CC[C@H](OC(=O)c1cc(-c2ccc(-n3c(C)ccc3C)cc2)nc2ccc(C)cc12)C(=O)c1ccccc1. The number of fused-ring (bicyclic) bond motifs is 1.